The standard InChI is InChI=1S/C23H21ClN6O2/c1-13-20(14(2)32-30-13)19-12-26-21(25)22(29-19)27-11-15-3-5-16(6-4-15)23(31)28-18-9-7-17(24)8-10-18/h3-10,12H,11H2,1-2H3,(H2,25,26)(H,27,29)(H,28,31). The van der Waals surface area contributed by atoms with Crippen molar-refractivity contribution in [3.8, 4) is 11.3 Å². The Morgan fingerprint density at radius 2 is 1.81 bits per heavy atom. The summed E-state index contributed by atoms with van der Waals surface area (Å²) in [6, 6.07) is 14.2. The number of amides is 1. The van der Waals surface area contributed by atoms with Gasteiger partial charge in [0.2, 0.25) is 0 Å². The number of rotatable bonds is 6. The molecule has 0 unspecified atom stereocenters. The van der Waals surface area contributed by atoms with E-state index in [0.29, 0.717) is 45.9 Å². The fraction of sp³-hybridized carbons (Fsp3) is 0.130. The van der Waals surface area contributed by atoms with Crippen molar-refractivity contribution in [2.24, 2.45) is 0 Å². The molecule has 0 bridgehead atoms. The summed E-state index contributed by atoms with van der Waals surface area (Å²) in [5.41, 5.74) is 10.3. The number of nitrogens with two attached hydrogens (primary N) is 1. The summed E-state index contributed by atoms with van der Waals surface area (Å²) < 4.78 is 5.21. The molecule has 1 amide bonds. The molecule has 32 heavy (non-hydrogen) atoms. The van der Waals surface area contributed by atoms with E-state index in [-0.39, 0.29) is 5.91 Å². The summed E-state index contributed by atoms with van der Waals surface area (Å²) in [7, 11) is 0. The highest BCUT2D eigenvalue weighted by atomic mass is 35.5. The minimum atomic E-state index is -0.200. The van der Waals surface area contributed by atoms with Crippen molar-refractivity contribution < 1.29 is 9.32 Å². The van der Waals surface area contributed by atoms with E-state index in [4.69, 9.17) is 21.9 Å². The number of carbonyl (C=O) groups excluding carboxylic acids is 1. The van der Waals surface area contributed by atoms with Crippen LogP contribution in [0.4, 0.5) is 17.3 Å². The highest BCUT2D eigenvalue weighted by molar-refractivity contribution is 6.30. The summed E-state index contributed by atoms with van der Waals surface area (Å²) in [5, 5.41) is 10.6. The second-order valence-corrected chi connectivity index (χ2v) is 7.64. The van der Waals surface area contributed by atoms with Crippen molar-refractivity contribution in [1.82, 2.24) is 15.1 Å². The Kier molecular flexibility index (Phi) is 6.04. The lowest BCUT2D eigenvalue weighted by Crippen LogP contribution is -2.12. The second kappa shape index (κ2) is 9.07. The minimum absolute atomic E-state index is 0.200. The van der Waals surface area contributed by atoms with Crippen molar-refractivity contribution in [3.05, 3.63) is 82.3 Å². The van der Waals surface area contributed by atoms with E-state index in [9.17, 15) is 4.79 Å². The first kappa shape index (κ1) is 21.3. The Morgan fingerprint density at radius 1 is 1.09 bits per heavy atom. The zero-order chi connectivity index (χ0) is 22.7. The van der Waals surface area contributed by atoms with Crippen LogP contribution in [-0.4, -0.2) is 21.0 Å². The average molecular weight is 449 g/mol. The van der Waals surface area contributed by atoms with Gasteiger partial charge in [0.25, 0.3) is 5.91 Å². The van der Waals surface area contributed by atoms with E-state index in [1.165, 1.54) is 0 Å². The van der Waals surface area contributed by atoms with Gasteiger partial charge in [-0.1, -0.05) is 28.9 Å². The van der Waals surface area contributed by atoms with Gasteiger partial charge < -0.3 is 20.9 Å². The number of benzene rings is 2. The number of hydrogen-bond donors (Lipinski definition) is 3. The lowest BCUT2D eigenvalue weighted by molar-refractivity contribution is 0.102. The second-order valence-electron chi connectivity index (χ2n) is 7.20. The van der Waals surface area contributed by atoms with Gasteiger partial charge in [-0.05, 0) is 55.8 Å². The molecule has 9 heteroatoms. The number of hydrogen-bond acceptors (Lipinski definition) is 7. The highest BCUT2D eigenvalue weighted by Crippen LogP contribution is 2.27. The largest absolute Gasteiger partial charge is 0.381 e. The van der Waals surface area contributed by atoms with Crippen molar-refractivity contribution in [1.29, 1.82) is 0 Å². The lowest BCUT2D eigenvalue weighted by Gasteiger charge is -2.10. The van der Waals surface area contributed by atoms with Crippen LogP contribution in [0.25, 0.3) is 11.3 Å². The number of aryl methyl sites for hydroxylation is 2. The maximum absolute atomic E-state index is 12.4. The fourth-order valence-corrected chi connectivity index (χ4v) is 3.32. The Hall–Kier alpha value is -3.91. The molecule has 4 aromatic rings. The van der Waals surface area contributed by atoms with E-state index < -0.39 is 0 Å². The SMILES string of the molecule is Cc1noc(C)c1-c1cnc(N)c(NCc2ccc(C(=O)Nc3ccc(Cl)cc3)cc2)n1. The van der Waals surface area contributed by atoms with Gasteiger partial charge in [-0.25, -0.2) is 9.97 Å². The van der Waals surface area contributed by atoms with Crippen LogP contribution < -0.4 is 16.4 Å². The monoisotopic (exact) mass is 448 g/mol. The smallest absolute Gasteiger partial charge is 0.255 e. The topological polar surface area (TPSA) is 119 Å². The number of nitrogens with one attached hydrogen (secondary N) is 2. The number of nitrogen functional groups attached to an aromatic ring is 1. The van der Waals surface area contributed by atoms with Crippen LogP contribution in [0.2, 0.25) is 5.02 Å². The fourth-order valence-electron chi connectivity index (χ4n) is 3.19. The molecule has 0 saturated carbocycles. The zero-order valence-corrected chi connectivity index (χ0v) is 18.3. The van der Waals surface area contributed by atoms with Gasteiger partial charge in [0.05, 0.1) is 23.1 Å². The van der Waals surface area contributed by atoms with E-state index in [1.807, 2.05) is 26.0 Å². The van der Waals surface area contributed by atoms with Crippen LogP contribution in [0.1, 0.15) is 27.4 Å². The predicted molar refractivity (Wildman–Crippen MR) is 125 cm³/mol. The summed E-state index contributed by atoms with van der Waals surface area (Å²) in [4.78, 5) is 21.2. The van der Waals surface area contributed by atoms with Crippen LogP contribution in [0.5, 0.6) is 0 Å². The molecule has 162 valence electrons. The molecule has 0 atom stereocenters. The minimum Gasteiger partial charge on any atom is -0.381 e. The Morgan fingerprint density at radius 3 is 2.47 bits per heavy atom. The van der Waals surface area contributed by atoms with Crippen LogP contribution in [0, 0.1) is 13.8 Å². The van der Waals surface area contributed by atoms with Gasteiger partial charge >= 0.3 is 0 Å². The maximum Gasteiger partial charge on any atom is 0.255 e. The van der Waals surface area contributed by atoms with Gasteiger partial charge in [0, 0.05) is 22.8 Å². The molecule has 0 aliphatic rings. The molecule has 0 aliphatic carbocycles. The number of aromatic nitrogens is 3. The number of anilines is 3. The molecule has 0 aliphatic heterocycles. The van der Waals surface area contributed by atoms with E-state index in [0.717, 1.165) is 16.8 Å². The van der Waals surface area contributed by atoms with Gasteiger partial charge in [0.1, 0.15) is 5.76 Å². The molecule has 2 aromatic carbocycles. The van der Waals surface area contributed by atoms with Crippen LogP contribution >= 0.6 is 11.6 Å². The highest BCUT2D eigenvalue weighted by Gasteiger charge is 2.15. The predicted octanol–water partition coefficient (Wildman–Crippen LogP) is 4.85. The van der Waals surface area contributed by atoms with E-state index >= 15 is 0 Å². The zero-order valence-electron chi connectivity index (χ0n) is 17.5. The van der Waals surface area contributed by atoms with E-state index in [1.54, 1.807) is 42.6 Å². The van der Waals surface area contributed by atoms with Crippen molar-refractivity contribution in [2.45, 2.75) is 20.4 Å². The van der Waals surface area contributed by atoms with Gasteiger partial charge in [-0.3, -0.25) is 4.79 Å². The van der Waals surface area contributed by atoms with Gasteiger partial charge in [0.15, 0.2) is 11.6 Å². The number of halogens is 1. The molecule has 4 N–H and O–H groups in total. The third kappa shape index (κ3) is 4.70. The summed E-state index contributed by atoms with van der Waals surface area (Å²) in [6.45, 7) is 4.13. The molecule has 0 radical (unpaired) electrons. The summed E-state index contributed by atoms with van der Waals surface area (Å²) in [6.07, 6.45) is 1.60. The Labute approximate surface area is 189 Å². The van der Waals surface area contributed by atoms with Crippen molar-refractivity contribution >= 4 is 34.8 Å². The molecule has 0 spiro atoms. The first-order valence-electron chi connectivity index (χ1n) is 9.86. The Bertz CT molecular complexity index is 1230. The number of nitrogens with zero attached hydrogens (tertiary/aromatic N) is 3. The van der Waals surface area contributed by atoms with Crippen LogP contribution in [0.15, 0.2) is 59.3 Å². The normalized spacial score (nSPS) is 10.7. The maximum atomic E-state index is 12.4. The van der Waals surface area contributed by atoms with Gasteiger partial charge in [-0.15, -0.1) is 0 Å². The molecule has 0 fully saturated rings. The molecule has 0 saturated heterocycles. The summed E-state index contributed by atoms with van der Waals surface area (Å²) >= 11 is 5.87. The third-order valence-electron chi connectivity index (χ3n) is 4.87. The van der Waals surface area contributed by atoms with Crippen molar-refractivity contribution in [3.63, 3.8) is 0 Å². The van der Waals surface area contributed by atoms with Crippen molar-refractivity contribution in [2.75, 3.05) is 16.4 Å². The van der Waals surface area contributed by atoms with E-state index in [2.05, 4.69) is 25.8 Å². The molecular formula is C23H21ClN6O2. The quantitative estimate of drug-likeness (QED) is 0.385. The molecule has 2 heterocycles. The van der Waals surface area contributed by atoms with Gasteiger partial charge in [-0.2, -0.15) is 0 Å². The lowest BCUT2D eigenvalue weighted by atomic mass is 10.1. The first-order chi connectivity index (χ1) is 15.4. The molecule has 2 aromatic heterocycles. The first-order valence-corrected chi connectivity index (χ1v) is 10.2. The Balaban J connectivity index is 1.43. The number of carbonyl (C=O) groups is 1. The average Bonchev–Trinajstić information content (AvgIpc) is 3.13. The molecular weight excluding hydrogens is 428 g/mol. The van der Waals surface area contributed by atoms with Crippen LogP contribution in [0.3, 0.4) is 0 Å². The van der Waals surface area contributed by atoms with Crippen LogP contribution in [-0.2, 0) is 6.54 Å². The molecule has 8 nitrogen and oxygen atoms in total. The molecule has 4 rings (SSSR count). The third-order valence-corrected chi connectivity index (χ3v) is 5.12. The summed E-state index contributed by atoms with van der Waals surface area (Å²) in [5.74, 6) is 1.22.